The number of nitrogens with one attached hydrogen (secondary N) is 1. The monoisotopic (exact) mass is 259 g/mol. The molecule has 19 heavy (non-hydrogen) atoms. The Balaban J connectivity index is 1.37. The van der Waals surface area contributed by atoms with Crippen molar-refractivity contribution in [1.29, 1.82) is 0 Å². The first-order chi connectivity index (χ1) is 9.42. The number of ether oxygens (including phenoxy) is 1. The lowest BCUT2D eigenvalue weighted by Gasteiger charge is -2.16. The third-order valence-corrected chi connectivity index (χ3v) is 4.20. The van der Waals surface area contributed by atoms with Crippen LogP contribution in [0.25, 0.3) is 0 Å². The number of rotatable bonds is 7. The highest BCUT2D eigenvalue weighted by atomic mass is 16.5. The molecule has 0 bridgehead atoms. The van der Waals surface area contributed by atoms with Gasteiger partial charge in [-0.3, -0.25) is 0 Å². The highest BCUT2D eigenvalue weighted by molar-refractivity contribution is 5.33. The second kappa shape index (κ2) is 6.53. The van der Waals surface area contributed by atoms with E-state index in [1.165, 1.54) is 44.1 Å². The Bertz CT molecular complexity index is 412. The largest absolute Gasteiger partial charge is 0.380 e. The fourth-order valence-electron chi connectivity index (χ4n) is 2.86. The predicted molar refractivity (Wildman–Crippen MR) is 78.6 cm³/mol. The Kier molecular flexibility index (Phi) is 4.52. The molecule has 0 heterocycles. The van der Waals surface area contributed by atoms with E-state index in [0.717, 1.165) is 32.2 Å². The molecule has 1 N–H and O–H groups in total. The molecule has 0 aromatic heterocycles. The van der Waals surface area contributed by atoms with Crippen molar-refractivity contribution >= 4 is 0 Å². The summed E-state index contributed by atoms with van der Waals surface area (Å²) in [5.74, 6) is 0. The van der Waals surface area contributed by atoms with Gasteiger partial charge in [0, 0.05) is 12.6 Å². The van der Waals surface area contributed by atoms with Crippen LogP contribution in [0, 0.1) is 0 Å². The fraction of sp³-hybridized carbons (Fsp3) is 0.647. The molecule has 1 fully saturated rings. The summed E-state index contributed by atoms with van der Waals surface area (Å²) in [4.78, 5) is 0. The van der Waals surface area contributed by atoms with Crippen LogP contribution in [0.5, 0.6) is 0 Å². The van der Waals surface area contributed by atoms with E-state index in [1.54, 1.807) is 11.1 Å². The lowest BCUT2D eigenvalue weighted by Crippen LogP contribution is -2.22. The zero-order valence-corrected chi connectivity index (χ0v) is 11.8. The van der Waals surface area contributed by atoms with Gasteiger partial charge in [-0.15, -0.1) is 0 Å². The van der Waals surface area contributed by atoms with Gasteiger partial charge < -0.3 is 10.1 Å². The van der Waals surface area contributed by atoms with Crippen molar-refractivity contribution in [2.75, 3.05) is 19.8 Å². The summed E-state index contributed by atoms with van der Waals surface area (Å²) in [6, 6.07) is 7.82. The topological polar surface area (TPSA) is 21.3 Å². The molecule has 0 radical (unpaired) electrons. The van der Waals surface area contributed by atoms with Gasteiger partial charge in [-0.25, -0.2) is 0 Å². The van der Waals surface area contributed by atoms with Gasteiger partial charge in [0.2, 0.25) is 0 Å². The molecule has 0 atom stereocenters. The SMILES string of the molecule is c1cc2c(cc1CCOCCNC1CC1)CCCC2. The van der Waals surface area contributed by atoms with Crippen molar-refractivity contribution in [2.24, 2.45) is 0 Å². The van der Waals surface area contributed by atoms with E-state index >= 15 is 0 Å². The average Bonchev–Trinajstić information content (AvgIpc) is 3.27. The summed E-state index contributed by atoms with van der Waals surface area (Å²) in [5.41, 5.74) is 4.60. The van der Waals surface area contributed by atoms with E-state index in [4.69, 9.17) is 4.74 Å². The molecule has 2 nitrogen and oxygen atoms in total. The Labute approximate surface area is 116 Å². The van der Waals surface area contributed by atoms with Gasteiger partial charge in [0.15, 0.2) is 0 Å². The first-order valence-corrected chi connectivity index (χ1v) is 7.83. The van der Waals surface area contributed by atoms with Crippen LogP contribution < -0.4 is 5.32 Å². The minimum atomic E-state index is 0.796. The molecule has 0 spiro atoms. The second-order valence-corrected chi connectivity index (χ2v) is 5.90. The Morgan fingerprint density at radius 2 is 1.89 bits per heavy atom. The molecule has 2 aliphatic carbocycles. The molecule has 104 valence electrons. The minimum absolute atomic E-state index is 0.796. The lowest BCUT2D eigenvalue weighted by molar-refractivity contribution is 0.138. The molecular weight excluding hydrogens is 234 g/mol. The Morgan fingerprint density at radius 3 is 2.74 bits per heavy atom. The number of benzene rings is 1. The van der Waals surface area contributed by atoms with Crippen molar-refractivity contribution in [1.82, 2.24) is 5.32 Å². The van der Waals surface area contributed by atoms with Crippen LogP contribution in [0.1, 0.15) is 42.4 Å². The molecule has 0 unspecified atom stereocenters. The standard InChI is InChI=1S/C17H25NO/c1-2-4-16-13-14(5-6-15(16)3-1)9-11-19-12-10-18-17-7-8-17/h5-6,13,17-18H,1-4,7-12H2. The molecule has 1 aromatic rings. The zero-order valence-electron chi connectivity index (χ0n) is 11.8. The highest BCUT2D eigenvalue weighted by Crippen LogP contribution is 2.22. The van der Waals surface area contributed by atoms with Crippen LogP contribution in [0.2, 0.25) is 0 Å². The predicted octanol–water partition coefficient (Wildman–Crippen LogP) is 2.88. The van der Waals surface area contributed by atoms with Crippen molar-refractivity contribution in [3.8, 4) is 0 Å². The summed E-state index contributed by atoms with van der Waals surface area (Å²) in [5, 5.41) is 3.47. The number of hydrogen-bond donors (Lipinski definition) is 1. The summed E-state index contributed by atoms with van der Waals surface area (Å²) in [7, 11) is 0. The minimum Gasteiger partial charge on any atom is -0.380 e. The molecule has 1 aromatic carbocycles. The quantitative estimate of drug-likeness (QED) is 0.760. The van der Waals surface area contributed by atoms with Gasteiger partial charge in [0.05, 0.1) is 13.2 Å². The molecule has 0 saturated heterocycles. The fourth-order valence-corrected chi connectivity index (χ4v) is 2.86. The van der Waals surface area contributed by atoms with Gasteiger partial charge >= 0.3 is 0 Å². The smallest absolute Gasteiger partial charge is 0.0591 e. The molecule has 1 saturated carbocycles. The second-order valence-electron chi connectivity index (χ2n) is 5.90. The first kappa shape index (κ1) is 13.1. The summed E-state index contributed by atoms with van der Waals surface area (Å²) in [6.07, 6.45) is 9.04. The highest BCUT2D eigenvalue weighted by Gasteiger charge is 2.19. The van der Waals surface area contributed by atoms with Crippen LogP contribution in [-0.2, 0) is 24.0 Å². The van der Waals surface area contributed by atoms with Gasteiger partial charge in [0.25, 0.3) is 0 Å². The third-order valence-electron chi connectivity index (χ3n) is 4.20. The molecule has 0 amide bonds. The van der Waals surface area contributed by atoms with Gasteiger partial charge in [-0.05, 0) is 61.6 Å². The summed E-state index contributed by atoms with van der Waals surface area (Å²) >= 11 is 0. The van der Waals surface area contributed by atoms with E-state index in [9.17, 15) is 0 Å². The van der Waals surface area contributed by atoms with E-state index in [-0.39, 0.29) is 0 Å². The molecule has 2 aliphatic rings. The van der Waals surface area contributed by atoms with Gasteiger partial charge in [-0.2, -0.15) is 0 Å². The van der Waals surface area contributed by atoms with Gasteiger partial charge in [0.1, 0.15) is 0 Å². The molecular formula is C17H25NO. The maximum absolute atomic E-state index is 5.70. The van der Waals surface area contributed by atoms with E-state index in [1.807, 2.05) is 0 Å². The molecule has 3 rings (SSSR count). The van der Waals surface area contributed by atoms with E-state index in [2.05, 4.69) is 23.5 Å². The summed E-state index contributed by atoms with van der Waals surface area (Å²) in [6.45, 7) is 2.71. The number of fused-ring (bicyclic) bond motifs is 1. The van der Waals surface area contributed by atoms with E-state index in [0.29, 0.717) is 0 Å². The van der Waals surface area contributed by atoms with Crippen LogP contribution in [-0.4, -0.2) is 25.8 Å². The molecule has 2 heteroatoms. The summed E-state index contributed by atoms with van der Waals surface area (Å²) < 4.78 is 5.70. The van der Waals surface area contributed by atoms with Crippen molar-refractivity contribution in [3.05, 3.63) is 34.9 Å². The average molecular weight is 259 g/mol. The number of hydrogen-bond acceptors (Lipinski definition) is 2. The number of aryl methyl sites for hydroxylation is 2. The van der Waals surface area contributed by atoms with Crippen LogP contribution in [0.15, 0.2) is 18.2 Å². The zero-order chi connectivity index (χ0) is 12.9. The maximum Gasteiger partial charge on any atom is 0.0591 e. The van der Waals surface area contributed by atoms with E-state index < -0.39 is 0 Å². The lowest BCUT2D eigenvalue weighted by atomic mass is 9.90. The Morgan fingerprint density at radius 1 is 1.05 bits per heavy atom. The van der Waals surface area contributed by atoms with Crippen molar-refractivity contribution in [3.63, 3.8) is 0 Å². The third kappa shape index (κ3) is 4.05. The van der Waals surface area contributed by atoms with Gasteiger partial charge in [-0.1, -0.05) is 18.2 Å². The normalized spacial score (nSPS) is 18.3. The molecule has 0 aliphatic heterocycles. The first-order valence-electron chi connectivity index (χ1n) is 7.83. The van der Waals surface area contributed by atoms with Crippen molar-refractivity contribution < 1.29 is 4.74 Å². The Hall–Kier alpha value is -0.860. The van der Waals surface area contributed by atoms with Crippen LogP contribution in [0.3, 0.4) is 0 Å². The van der Waals surface area contributed by atoms with Crippen LogP contribution >= 0.6 is 0 Å². The van der Waals surface area contributed by atoms with Crippen molar-refractivity contribution in [2.45, 2.75) is 51.0 Å². The van der Waals surface area contributed by atoms with Crippen LogP contribution in [0.4, 0.5) is 0 Å². The maximum atomic E-state index is 5.70.